The van der Waals surface area contributed by atoms with Crippen molar-refractivity contribution in [2.24, 2.45) is 7.05 Å². The Kier molecular flexibility index (Phi) is 4.23. The van der Waals surface area contributed by atoms with Gasteiger partial charge in [0.1, 0.15) is 29.2 Å². The van der Waals surface area contributed by atoms with Gasteiger partial charge < -0.3 is 0 Å². The van der Waals surface area contributed by atoms with Gasteiger partial charge in [-0.25, -0.2) is 13.8 Å². The molecule has 2 aromatic carbocycles. The topological polar surface area (TPSA) is 76.5 Å². The number of fused-ring (bicyclic) bond motifs is 1. The summed E-state index contributed by atoms with van der Waals surface area (Å²) in [5, 5.41) is 14.0. The molecule has 0 aliphatic heterocycles. The number of aromatic nitrogens is 4. The van der Waals surface area contributed by atoms with Crippen molar-refractivity contribution < 1.29 is 13.6 Å². The van der Waals surface area contributed by atoms with Gasteiger partial charge in [-0.1, -0.05) is 0 Å². The minimum absolute atomic E-state index is 0.113. The number of halogens is 2. The number of hydrogen-bond donors (Lipinski definition) is 0. The SMILES string of the molecule is Cc1c2cc(-n3c(-c4ccc(C#N)c(F)c4)nc(C=O)c3C)c(F)cc2nn1C. The Hall–Kier alpha value is -3.86. The fraction of sp³-hybridized carbons (Fsp3) is 0.143. The lowest BCUT2D eigenvalue weighted by Gasteiger charge is -2.12. The van der Waals surface area contributed by atoms with E-state index in [1.165, 1.54) is 22.8 Å². The number of aldehydes is 1. The average Bonchev–Trinajstić information content (AvgIpc) is 3.17. The molecule has 0 radical (unpaired) electrons. The molecule has 2 heterocycles. The van der Waals surface area contributed by atoms with Crippen LogP contribution in [0.1, 0.15) is 27.4 Å². The molecule has 144 valence electrons. The van der Waals surface area contributed by atoms with Crippen LogP contribution in [0.2, 0.25) is 0 Å². The van der Waals surface area contributed by atoms with Crippen LogP contribution >= 0.6 is 0 Å². The molecule has 0 amide bonds. The first-order valence-electron chi connectivity index (χ1n) is 8.73. The quantitative estimate of drug-likeness (QED) is 0.495. The number of carbonyl (C=O) groups excluding carboxylic acids is 1. The third-order valence-corrected chi connectivity index (χ3v) is 5.04. The van der Waals surface area contributed by atoms with Crippen LogP contribution in [0.25, 0.3) is 28.0 Å². The molecule has 8 heteroatoms. The van der Waals surface area contributed by atoms with E-state index in [0.717, 1.165) is 17.1 Å². The standard InChI is InChI=1S/C21H15F2N5O/c1-11-15-7-20(17(23)8-18(15)26-27(11)3)28-12(2)19(10-29)25-21(28)13-4-5-14(9-24)16(22)6-13/h4-8,10H,1-3H3. The van der Waals surface area contributed by atoms with Crippen molar-refractivity contribution >= 4 is 17.2 Å². The molecule has 0 aliphatic rings. The maximum absolute atomic E-state index is 15.0. The maximum atomic E-state index is 15.0. The zero-order chi connectivity index (χ0) is 20.9. The van der Waals surface area contributed by atoms with Gasteiger partial charge in [0.25, 0.3) is 0 Å². The van der Waals surface area contributed by atoms with Crippen LogP contribution in [-0.4, -0.2) is 25.6 Å². The molecule has 4 aromatic rings. The van der Waals surface area contributed by atoms with Crippen molar-refractivity contribution in [2.45, 2.75) is 13.8 Å². The number of nitriles is 1. The zero-order valence-corrected chi connectivity index (χ0v) is 15.9. The molecule has 0 unspecified atom stereocenters. The Labute approximate surface area is 164 Å². The largest absolute Gasteiger partial charge is 0.296 e. The molecule has 29 heavy (non-hydrogen) atoms. The van der Waals surface area contributed by atoms with E-state index >= 15 is 4.39 Å². The van der Waals surface area contributed by atoms with Gasteiger partial charge in [0.05, 0.1) is 22.5 Å². The monoisotopic (exact) mass is 391 g/mol. The van der Waals surface area contributed by atoms with Crippen LogP contribution in [0.3, 0.4) is 0 Å². The van der Waals surface area contributed by atoms with Crippen molar-refractivity contribution in [3.63, 3.8) is 0 Å². The number of aryl methyl sites for hydroxylation is 2. The molecule has 0 bridgehead atoms. The van der Waals surface area contributed by atoms with Crippen LogP contribution in [0, 0.1) is 36.8 Å². The Balaban J connectivity index is 2.03. The van der Waals surface area contributed by atoms with Gasteiger partial charge in [0.15, 0.2) is 6.29 Å². The fourth-order valence-corrected chi connectivity index (χ4v) is 3.37. The van der Waals surface area contributed by atoms with Crippen LogP contribution < -0.4 is 0 Å². The Morgan fingerprint density at radius 3 is 2.52 bits per heavy atom. The van der Waals surface area contributed by atoms with Crippen LogP contribution in [0.15, 0.2) is 30.3 Å². The maximum Gasteiger partial charge on any atom is 0.170 e. The lowest BCUT2D eigenvalue weighted by atomic mass is 10.1. The van der Waals surface area contributed by atoms with Gasteiger partial charge in [-0.05, 0) is 38.1 Å². The van der Waals surface area contributed by atoms with Crippen LogP contribution in [0.4, 0.5) is 8.78 Å². The second kappa shape index (κ2) is 6.63. The number of carbonyl (C=O) groups is 1. The first-order valence-corrected chi connectivity index (χ1v) is 8.73. The number of benzene rings is 2. The molecule has 0 spiro atoms. The highest BCUT2D eigenvalue weighted by atomic mass is 19.1. The number of hydrogen-bond acceptors (Lipinski definition) is 4. The number of rotatable bonds is 3. The van der Waals surface area contributed by atoms with Gasteiger partial charge in [0, 0.05) is 29.8 Å². The van der Waals surface area contributed by atoms with E-state index in [4.69, 9.17) is 5.26 Å². The lowest BCUT2D eigenvalue weighted by Crippen LogP contribution is -2.03. The summed E-state index contributed by atoms with van der Waals surface area (Å²) in [6.45, 7) is 3.51. The minimum Gasteiger partial charge on any atom is -0.296 e. The van der Waals surface area contributed by atoms with Crippen molar-refractivity contribution in [2.75, 3.05) is 0 Å². The van der Waals surface area contributed by atoms with Crippen LogP contribution in [0.5, 0.6) is 0 Å². The summed E-state index contributed by atoms with van der Waals surface area (Å²) in [4.78, 5) is 15.8. The molecule has 0 N–H and O–H groups in total. The highest BCUT2D eigenvalue weighted by Crippen LogP contribution is 2.31. The van der Waals surface area contributed by atoms with E-state index < -0.39 is 11.6 Å². The second-order valence-electron chi connectivity index (χ2n) is 6.70. The number of imidazole rings is 1. The first-order chi connectivity index (χ1) is 13.8. The van der Waals surface area contributed by atoms with E-state index in [1.54, 1.807) is 30.8 Å². The van der Waals surface area contributed by atoms with E-state index in [-0.39, 0.29) is 22.8 Å². The predicted molar refractivity (Wildman–Crippen MR) is 103 cm³/mol. The third-order valence-electron chi connectivity index (χ3n) is 5.04. The van der Waals surface area contributed by atoms with Gasteiger partial charge in [-0.15, -0.1) is 0 Å². The fourth-order valence-electron chi connectivity index (χ4n) is 3.37. The van der Waals surface area contributed by atoms with Gasteiger partial charge >= 0.3 is 0 Å². The van der Waals surface area contributed by atoms with Crippen molar-refractivity contribution in [3.8, 4) is 23.1 Å². The molecule has 6 nitrogen and oxygen atoms in total. The summed E-state index contributed by atoms with van der Waals surface area (Å²) in [7, 11) is 1.77. The lowest BCUT2D eigenvalue weighted by molar-refractivity contribution is 0.111. The van der Waals surface area contributed by atoms with E-state index in [2.05, 4.69) is 10.1 Å². The van der Waals surface area contributed by atoms with Gasteiger partial charge in [-0.2, -0.15) is 10.4 Å². The van der Waals surface area contributed by atoms with E-state index in [9.17, 15) is 9.18 Å². The minimum atomic E-state index is -0.719. The molecule has 4 rings (SSSR count). The Morgan fingerprint density at radius 1 is 1.10 bits per heavy atom. The van der Waals surface area contributed by atoms with Gasteiger partial charge in [0.2, 0.25) is 0 Å². The molecule has 0 atom stereocenters. The van der Waals surface area contributed by atoms with E-state index in [1.807, 2.05) is 6.92 Å². The average molecular weight is 391 g/mol. The first kappa shape index (κ1) is 18.5. The van der Waals surface area contributed by atoms with Crippen molar-refractivity contribution in [1.29, 1.82) is 5.26 Å². The number of nitrogens with zero attached hydrogens (tertiary/aromatic N) is 5. The summed E-state index contributed by atoms with van der Waals surface area (Å²) in [6.07, 6.45) is 0.571. The van der Waals surface area contributed by atoms with Gasteiger partial charge in [-0.3, -0.25) is 14.0 Å². The third kappa shape index (κ3) is 2.79. The summed E-state index contributed by atoms with van der Waals surface area (Å²) in [5.74, 6) is -1.07. The summed E-state index contributed by atoms with van der Waals surface area (Å²) in [5.41, 5.74) is 2.27. The van der Waals surface area contributed by atoms with Crippen LogP contribution in [-0.2, 0) is 7.05 Å². The molecule has 0 aliphatic carbocycles. The molecule has 0 saturated carbocycles. The molecular formula is C21H15F2N5O. The Bertz CT molecular complexity index is 1340. The summed E-state index contributed by atoms with van der Waals surface area (Å²) >= 11 is 0. The highest BCUT2D eigenvalue weighted by Gasteiger charge is 2.21. The molecule has 2 aromatic heterocycles. The molecule has 0 fully saturated rings. The Morgan fingerprint density at radius 2 is 1.86 bits per heavy atom. The predicted octanol–water partition coefficient (Wildman–Crippen LogP) is 4.01. The molecule has 0 saturated heterocycles. The molecular weight excluding hydrogens is 376 g/mol. The summed E-state index contributed by atoms with van der Waals surface area (Å²) in [6, 6.07) is 8.70. The zero-order valence-electron chi connectivity index (χ0n) is 15.9. The smallest absolute Gasteiger partial charge is 0.170 e. The summed E-state index contributed by atoms with van der Waals surface area (Å²) < 4.78 is 32.4. The van der Waals surface area contributed by atoms with Crippen molar-refractivity contribution in [3.05, 3.63) is 64.6 Å². The normalized spacial score (nSPS) is 11.0. The highest BCUT2D eigenvalue weighted by molar-refractivity contribution is 5.85. The second-order valence-corrected chi connectivity index (χ2v) is 6.70. The van der Waals surface area contributed by atoms with Crippen molar-refractivity contribution in [1.82, 2.24) is 19.3 Å². The van der Waals surface area contributed by atoms with E-state index in [0.29, 0.717) is 23.1 Å².